The lowest BCUT2D eigenvalue weighted by Crippen LogP contribution is -2.16. The number of hydrogen-bond donors (Lipinski definition) is 3. The van der Waals surface area contributed by atoms with Gasteiger partial charge in [0.2, 0.25) is 0 Å². The summed E-state index contributed by atoms with van der Waals surface area (Å²) in [5.41, 5.74) is 7.84. The molecule has 0 aliphatic heterocycles. The fourth-order valence-corrected chi connectivity index (χ4v) is 3.02. The van der Waals surface area contributed by atoms with E-state index in [1.54, 1.807) is 36.5 Å². The fourth-order valence-electron chi connectivity index (χ4n) is 3.02. The van der Waals surface area contributed by atoms with Gasteiger partial charge in [-0.25, -0.2) is 18.7 Å². The molecule has 6 nitrogen and oxygen atoms in total. The maximum atomic E-state index is 14.4. The Morgan fingerprint density at radius 1 is 1.03 bits per heavy atom. The van der Waals surface area contributed by atoms with Crippen LogP contribution in [-0.4, -0.2) is 15.9 Å². The first-order valence-electron chi connectivity index (χ1n) is 9.10. The molecule has 2 heterocycles. The van der Waals surface area contributed by atoms with Crippen LogP contribution in [0.3, 0.4) is 0 Å². The maximum Gasteiger partial charge on any atom is 0.258 e. The molecular weight excluding hydrogens is 388 g/mol. The molecule has 0 fully saturated rings. The Kier molecular flexibility index (Phi) is 5.21. The predicted octanol–water partition coefficient (Wildman–Crippen LogP) is 4.35. The number of nitrogens with zero attached hydrogens (tertiary/aromatic N) is 2. The molecule has 0 atom stereocenters. The van der Waals surface area contributed by atoms with Gasteiger partial charge in [0, 0.05) is 23.8 Å². The van der Waals surface area contributed by atoms with Crippen molar-refractivity contribution in [3.05, 3.63) is 89.6 Å². The summed E-state index contributed by atoms with van der Waals surface area (Å²) in [5, 5.41) is 5.98. The molecule has 30 heavy (non-hydrogen) atoms. The Morgan fingerprint density at radius 3 is 2.70 bits per heavy atom. The van der Waals surface area contributed by atoms with Gasteiger partial charge < -0.3 is 16.4 Å². The molecule has 0 aliphatic rings. The van der Waals surface area contributed by atoms with Crippen LogP contribution in [0.2, 0.25) is 0 Å². The quantitative estimate of drug-likeness (QED) is 0.459. The van der Waals surface area contributed by atoms with E-state index in [2.05, 4.69) is 20.6 Å². The van der Waals surface area contributed by atoms with Gasteiger partial charge in [-0.15, -0.1) is 0 Å². The first kappa shape index (κ1) is 19.3. The van der Waals surface area contributed by atoms with E-state index in [0.717, 1.165) is 11.6 Å². The van der Waals surface area contributed by atoms with Crippen LogP contribution in [0.4, 0.5) is 26.1 Å². The highest BCUT2D eigenvalue weighted by atomic mass is 19.1. The molecule has 4 aromatic rings. The molecule has 0 radical (unpaired) electrons. The minimum atomic E-state index is -0.751. The molecular formula is C22H17F2N5O. The van der Waals surface area contributed by atoms with Crippen molar-refractivity contribution >= 4 is 34.1 Å². The zero-order chi connectivity index (χ0) is 21.1. The van der Waals surface area contributed by atoms with Crippen LogP contribution in [0.15, 0.2) is 66.9 Å². The van der Waals surface area contributed by atoms with Crippen LogP contribution >= 0.6 is 0 Å². The van der Waals surface area contributed by atoms with Gasteiger partial charge in [0.05, 0.1) is 11.1 Å². The third-order valence-corrected chi connectivity index (χ3v) is 4.46. The summed E-state index contributed by atoms with van der Waals surface area (Å²) >= 11 is 0. The molecule has 8 heteroatoms. The van der Waals surface area contributed by atoms with Crippen molar-refractivity contribution in [3.63, 3.8) is 0 Å². The number of benzene rings is 2. The highest BCUT2D eigenvalue weighted by Crippen LogP contribution is 2.22. The number of aromatic nitrogens is 2. The molecule has 0 saturated heterocycles. The van der Waals surface area contributed by atoms with E-state index < -0.39 is 17.5 Å². The molecule has 0 unspecified atom stereocenters. The van der Waals surface area contributed by atoms with Crippen LogP contribution in [0.5, 0.6) is 0 Å². The van der Waals surface area contributed by atoms with E-state index in [9.17, 15) is 13.6 Å². The Morgan fingerprint density at radius 2 is 1.87 bits per heavy atom. The first-order chi connectivity index (χ1) is 14.5. The average Bonchev–Trinajstić information content (AvgIpc) is 2.73. The summed E-state index contributed by atoms with van der Waals surface area (Å²) in [5.74, 6) is -1.59. The zero-order valence-electron chi connectivity index (χ0n) is 15.7. The zero-order valence-corrected chi connectivity index (χ0v) is 15.7. The van der Waals surface area contributed by atoms with Crippen molar-refractivity contribution in [1.29, 1.82) is 0 Å². The number of amides is 1. The van der Waals surface area contributed by atoms with Gasteiger partial charge >= 0.3 is 0 Å². The van der Waals surface area contributed by atoms with Gasteiger partial charge in [0.1, 0.15) is 11.6 Å². The van der Waals surface area contributed by atoms with Crippen LogP contribution in [0, 0.1) is 11.6 Å². The van der Waals surface area contributed by atoms with Crippen LogP contribution in [0.25, 0.3) is 10.9 Å². The van der Waals surface area contributed by atoms with Gasteiger partial charge in [0.15, 0.2) is 11.6 Å². The van der Waals surface area contributed by atoms with Crippen molar-refractivity contribution in [1.82, 2.24) is 9.97 Å². The third kappa shape index (κ3) is 4.17. The summed E-state index contributed by atoms with van der Waals surface area (Å²) in [6, 6.07) is 15.4. The second-order valence-corrected chi connectivity index (χ2v) is 6.60. The first-order valence-corrected chi connectivity index (χ1v) is 9.10. The molecule has 0 spiro atoms. The van der Waals surface area contributed by atoms with Gasteiger partial charge in [-0.2, -0.15) is 0 Å². The molecule has 4 rings (SSSR count). The largest absolute Gasteiger partial charge is 0.384 e. The van der Waals surface area contributed by atoms with Crippen molar-refractivity contribution in [3.8, 4) is 0 Å². The van der Waals surface area contributed by atoms with Crippen LogP contribution in [-0.2, 0) is 6.54 Å². The Labute approximate surface area is 170 Å². The van der Waals surface area contributed by atoms with E-state index in [1.807, 2.05) is 6.07 Å². The molecule has 1 amide bonds. The Hall–Kier alpha value is -4.07. The van der Waals surface area contributed by atoms with E-state index >= 15 is 0 Å². The number of carbonyl (C=O) groups excluding carboxylic acids is 1. The lowest BCUT2D eigenvalue weighted by atomic mass is 10.1. The number of carbonyl (C=O) groups is 1. The van der Waals surface area contributed by atoms with Crippen LogP contribution < -0.4 is 16.4 Å². The summed E-state index contributed by atoms with van der Waals surface area (Å²) < 4.78 is 27.7. The number of anilines is 3. The summed E-state index contributed by atoms with van der Waals surface area (Å²) in [6.45, 7) is 0.422. The monoisotopic (exact) mass is 405 g/mol. The van der Waals surface area contributed by atoms with Crippen molar-refractivity contribution in [2.24, 2.45) is 0 Å². The minimum Gasteiger partial charge on any atom is -0.384 e. The average molecular weight is 405 g/mol. The van der Waals surface area contributed by atoms with Gasteiger partial charge in [0.25, 0.3) is 5.91 Å². The number of pyridine rings is 2. The third-order valence-electron chi connectivity index (χ3n) is 4.46. The van der Waals surface area contributed by atoms with Crippen molar-refractivity contribution in [2.45, 2.75) is 6.54 Å². The minimum absolute atomic E-state index is 0.226. The molecule has 2 aromatic carbocycles. The Bertz CT molecular complexity index is 1250. The standard InChI is InChI=1S/C22H17F2N5O/c23-15-5-6-18-14(10-15)11-17(24)21(28-18)29-22(30)16-3-1-2-4-19(16)27-12-13-7-8-26-20(25)9-13/h1-11,27H,12H2,(H2,25,26)(H,28,29,30). The van der Waals surface area contributed by atoms with E-state index in [1.165, 1.54) is 18.2 Å². The topological polar surface area (TPSA) is 92.9 Å². The highest BCUT2D eigenvalue weighted by molar-refractivity contribution is 6.08. The number of nitrogens with one attached hydrogen (secondary N) is 2. The lowest BCUT2D eigenvalue weighted by Gasteiger charge is -2.13. The molecule has 0 saturated carbocycles. The van der Waals surface area contributed by atoms with Gasteiger partial charge in [-0.1, -0.05) is 12.1 Å². The van der Waals surface area contributed by atoms with Gasteiger partial charge in [-0.3, -0.25) is 4.79 Å². The number of fused-ring (bicyclic) bond motifs is 1. The van der Waals surface area contributed by atoms with Crippen molar-refractivity contribution in [2.75, 3.05) is 16.4 Å². The number of hydrogen-bond acceptors (Lipinski definition) is 5. The van der Waals surface area contributed by atoms with E-state index in [0.29, 0.717) is 34.5 Å². The second kappa shape index (κ2) is 8.12. The predicted molar refractivity (Wildman–Crippen MR) is 112 cm³/mol. The number of nitrogen functional groups attached to an aromatic ring is 1. The number of nitrogens with two attached hydrogens (primary N) is 1. The van der Waals surface area contributed by atoms with E-state index in [-0.39, 0.29) is 5.82 Å². The molecule has 150 valence electrons. The maximum absolute atomic E-state index is 14.4. The molecule has 0 bridgehead atoms. The lowest BCUT2D eigenvalue weighted by molar-refractivity contribution is 0.102. The summed E-state index contributed by atoms with van der Waals surface area (Å²) in [7, 11) is 0. The van der Waals surface area contributed by atoms with Gasteiger partial charge in [-0.05, 0) is 54.1 Å². The number of halogens is 2. The molecule has 2 aromatic heterocycles. The smallest absolute Gasteiger partial charge is 0.258 e. The second-order valence-electron chi connectivity index (χ2n) is 6.60. The van der Waals surface area contributed by atoms with Crippen molar-refractivity contribution < 1.29 is 13.6 Å². The molecule has 0 aliphatic carbocycles. The summed E-state index contributed by atoms with van der Waals surface area (Å²) in [6.07, 6.45) is 1.60. The number of para-hydroxylation sites is 1. The fraction of sp³-hybridized carbons (Fsp3) is 0.0455. The normalized spacial score (nSPS) is 10.7. The molecule has 4 N–H and O–H groups in total. The Balaban J connectivity index is 1.56. The number of rotatable bonds is 5. The SMILES string of the molecule is Nc1cc(CNc2ccccc2C(=O)Nc2nc3ccc(F)cc3cc2F)ccn1. The summed E-state index contributed by atoms with van der Waals surface area (Å²) in [4.78, 5) is 20.8. The van der Waals surface area contributed by atoms with Crippen LogP contribution in [0.1, 0.15) is 15.9 Å². The van der Waals surface area contributed by atoms with E-state index in [4.69, 9.17) is 5.73 Å². The highest BCUT2D eigenvalue weighted by Gasteiger charge is 2.15.